The summed E-state index contributed by atoms with van der Waals surface area (Å²) in [7, 11) is 2.25. The summed E-state index contributed by atoms with van der Waals surface area (Å²) in [6.07, 6.45) is 2.81. The second-order valence-corrected chi connectivity index (χ2v) is 5.60. The molecule has 3 atom stereocenters. The number of nitrogens with zero attached hydrogens (tertiary/aromatic N) is 2. The maximum atomic E-state index is 2.74. The van der Waals surface area contributed by atoms with Crippen LogP contribution in [0.1, 0.15) is 26.7 Å². The molecule has 0 aromatic carbocycles. The SMILES string of the molecule is CC1CC(C)CN(C2CCN(C)C2)C1. The second kappa shape index (κ2) is 4.19. The van der Waals surface area contributed by atoms with Gasteiger partial charge in [0, 0.05) is 25.7 Å². The Kier molecular flexibility index (Phi) is 3.13. The zero-order chi connectivity index (χ0) is 10.1. The van der Waals surface area contributed by atoms with Gasteiger partial charge < -0.3 is 4.90 Å². The van der Waals surface area contributed by atoms with Crippen LogP contribution in [0.2, 0.25) is 0 Å². The molecule has 2 rings (SSSR count). The van der Waals surface area contributed by atoms with Gasteiger partial charge in [0.05, 0.1) is 0 Å². The lowest BCUT2D eigenvalue weighted by Crippen LogP contribution is -2.46. The molecular weight excluding hydrogens is 172 g/mol. The fraction of sp³-hybridized carbons (Fsp3) is 1.00. The Balaban J connectivity index is 1.90. The summed E-state index contributed by atoms with van der Waals surface area (Å²) in [5.41, 5.74) is 0. The molecule has 0 aromatic heterocycles. The Morgan fingerprint density at radius 3 is 2.14 bits per heavy atom. The number of likely N-dealkylation sites (tertiary alicyclic amines) is 2. The lowest BCUT2D eigenvalue weighted by atomic mass is 9.91. The topological polar surface area (TPSA) is 6.48 Å². The lowest BCUT2D eigenvalue weighted by molar-refractivity contribution is 0.0989. The molecule has 0 spiro atoms. The largest absolute Gasteiger partial charge is 0.305 e. The van der Waals surface area contributed by atoms with Crippen LogP contribution in [-0.2, 0) is 0 Å². The van der Waals surface area contributed by atoms with E-state index in [0.29, 0.717) is 0 Å². The molecule has 2 aliphatic heterocycles. The van der Waals surface area contributed by atoms with Crippen LogP contribution in [0.15, 0.2) is 0 Å². The van der Waals surface area contributed by atoms with Gasteiger partial charge in [-0.15, -0.1) is 0 Å². The Bertz CT molecular complexity index is 183. The first-order chi connectivity index (χ1) is 6.65. The van der Waals surface area contributed by atoms with Crippen LogP contribution in [0.25, 0.3) is 0 Å². The highest BCUT2D eigenvalue weighted by Gasteiger charge is 2.30. The maximum absolute atomic E-state index is 2.74. The molecule has 2 fully saturated rings. The quantitative estimate of drug-likeness (QED) is 0.629. The second-order valence-electron chi connectivity index (χ2n) is 5.60. The zero-order valence-corrected chi connectivity index (χ0v) is 9.87. The van der Waals surface area contributed by atoms with Crippen molar-refractivity contribution in [1.82, 2.24) is 9.80 Å². The molecular formula is C12H24N2. The van der Waals surface area contributed by atoms with Crippen molar-refractivity contribution in [2.75, 3.05) is 33.2 Å². The van der Waals surface area contributed by atoms with Crippen molar-refractivity contribution in [2.45, 2.75) is 32.7 Å². The van der Waals surface area contributed by atoms with Crippen molar-refractivity contribution in [3.8, 4) is 0 Å². The first kappa shape index (κ1) is 10.4. The summed E-state index contributed by atoms with van der Waals surface area (Å²) in [6.45, 7) is 10.1. The van der Waals surface area contributed by atoms with Crippen molar-refractivity contribution >= 4 is 0 Å². The molecule has 82 valence electrons. The van der Waals surface area contributed by atoms with Gasteiger partial charge in [-0.3, -0.25) is 4.90 Å². The van der Waals surface area contributed by atoms with E-state index < -0.39 is 0 Å². The van der Waals surface area contributed by atoms with Gasteiger partial charge in [-0.2, -0.15) is 0 Å². The van der Waals surface area contributed by atoms with Crippen molar-refractivity contribution in [1.29, 1.82) is 0 Å². The Labute approximate surface area is 88.3 Å². The molecule has 3 unspecified atom stereocenters. The van der Waals surface area contributed by atoms with Gasteiger partial charge in [0.2, 0.25) is 0 Å². The van der Waals surface area contributed by atoms with E-state index in [9.17, 15) is 0 Å². The Hall–Kier alpha value is -0.0800. The molecule has 2 nitrogen and oxygen atoms in total. The molecule has 2 heteroatoms. The number of hydrogen-bond acceptors (Lipinski definition) is 2. The van der Waals surface area contributed by atoms with E-state index in [1.165, 1.54) is 39.0 Å². The molecule has 0 bridgehead atoms. The molecule has 2 saturated heterocycles. The number of likely N-dealkylation sites (N-methyl/N-ethyl adjacent to an activating group) is 1. The summed E-state index contributed by atoms with van der Waals surface area (Å²) in [6, 6.07) is 0.852. The normalized spacial score (nSPS) is 41.8. The van der Waals surface area contributed by atoms with E-state index in [2.05, 4.69) is 30.7 Å². The summed E-state index contributed by atoms with van der Waals surface area (Å²) >= 11 is 0. The zero-order valence-electron chi connectivity index (χ0n) is 9.87. The van der Waals surface area contributed by atoms with Crippen molar-refractivity contribution in [3.63, 3.8) is 0 Å². The van der Waals surface area contributed by atoms with Crippen LogP contribution in [0.3, 0.4) is 0 Å². The van der Waals surface area contributed by atoms with Crippen molar-refractivity contribution in [3.05, 3.63) is 0 Å². The molecule has 0 saturated carbocycles. The lowest BCUT2D eigenvalue weighted by Gasteiger charge is -2.38. The van der Waals surface area contributed by atoms with Gasteiger partial charge in [-0.05, 0) is 38.3 Å². The smallest absolute Gasteiger partial charge is 0.0235 e. The predicted molar refractivity (Wildman–Crippen MR) is 60.4 cm³/mol. The predicted octanol–water partition coefficient (Wildman–Crippen LogP) is 1.67. The van der Waals surface area contributed by atoms with Crippen LogP contribution in [0.4, 0.5) is 0 Å². The van der Waals surface area contributed by atoms with Gasteiger partial charge >= 0.3 is 0 Å². The highest BCUT2D eigenvalue weighted by molar-refractivity contribution is 4.86. The van der Waals surface area contributed by atoms with Gasteiger partial charge in [0.15, 0.2) is 0 Å². The fourth-order valence-corrected chi connectivity index (χ4v) is 3.22. The van der Waals surface area contributed by atoms with E-state index in [-0.39, 0.29) is 0 Å². The number of rotatable bonds is 1. The average Bonchev–Trinajstić information content (AvgIpc) is 2.50. The molecule has 0 radical (unpaired) electrons. The van der Waals surface area contributed by atoms with Crippen LogP contribution in [0.5, 0.6) is 0 Å². The van der Waals surface area contributed by atoms with Crippen LogP contribution < -0.4 is 0 Å². The van der Waals surface area contributed by atoms with E-state index >= 15 is 0 Å². The minimum atomic E-state index is 0.852. The van der Waals surface area contributed by atoms with Gasteiger partial charge in [-0.1, -0.05) is 13.8 Å². The molecule has 2 aliphatic rings. The van der Waals surface area contributed by atoms with Crippen LogP contribution in [-0.4, -0.2) is 49.1 Å². The van der Waals surface area contributed by atoms with Gasteiger partial charge in [0.25, 0.3) is 0 Å². The van der Waals surface area contributed by atoms with E-state index in [0.717, 1.165) is 17.9 Å². The summed E-state index contributed by atoms with van der Waals surface area (Å²) in [4.78, 5) is 5.21. The highest BCUT2D eigenvalue weighted by atomic mass is 15.2. The molecule has 2 heterocycles. The summed E-state index contributed by atoms with van der Waals surface area (Å²) in [5.74, 6) is 1.81. The first-order valence-electron chi connectivity index (χ1n) is 6.07. The molecule has 0 amide bonds. The van der Waals surface area contributed by atoms with Crippen molar-refractivity contribution < 1.29 is 0 Å². The van der Waals surface area contributed by atoms with Gasteiger partial charge in [-0.25, -0.2) is 0 Å². The average molecular weight is 196 g/mol. The fourth-order valence-electron chi connectivity index (χ4n) is 3.22. The first-order valence-corrected chi connectivity index (χ1v) is 6.07. The van der Waals surface area contributed by atoms with Gasteiger partial charge in [0.1, 0.15) is 0 Å². The molecule has 14 heavy (non-hydrogen) atoms. The molecule has 0 aliphatic carbocycles. The number of piperidine rings is 1. The minimum Gasteiger partial charge on any atom is -0.305 e. The third kappa shape index (κ3) is 2.29. The molecule has 0 N–H and O–H groups in total. The summed E-state index contributed by atoms with van der Waals surface area (Å²) < 4.78 is 0. The van der Waals surface area contributed by atoms with Crippen LogP contribution >= 0.6 is 0 Å². The van der Waals surface area contributed by atoms with E-state index in [1.807, 2.05) is 0 Å². The summed E-state index contributed by atoms with van der Waals surface area (Å²) in [5, 5.41) is 0. The van der Waals surface area contributed by atoms with E-state index in [1.54, 1.807) is 0 Å². The molecule has 0 aromatic rings. The number of hydrogen-bond donors (Lipinski definition) is 0. The minimum absolute atomic E-state index is 0.852. The highest BCUT2D eigenvalue weighted by Crippen LogP contribution is 2.25. The third-order valence-corrected chi connectivity index (χ3v) is 3.78. The van der Waals surface area contributed by atoms with Crippen LogP contribution in [0, 0.1) is 11.8 Å². The Morgan fingerprint density at radius 1 is 1.00 bits per heavy atom. The third-order valence-electron chi connectivity index (χ3n) is 3.78. The monoisotopic (exact) mass is 196 g/mol. The Morgan fingerprint density at radius 2 is 1.64 bits per heavy atom. The van der Waals surface area contributed by atoms with Crippen molar-refractivity contribution in [2.24, 2.45) is 11.8 Å². The standard InChI is InChI=1S/C12H24N2/c1-10-6-11(2)8-14(7-10)12-4-5-13(3)9-12/h10-12H,4-9H2,1-3H3. The van der Waals surface area contributed by atoms with E-state index in [4.69, 9.17) is 0 Å². The maximum Gasteiger partial charge on any atom is 0.0235 e.